The van der Waals surface area contributed by atoms with Gasteiger partial charge in [-0.15, -0.1) is 12.4 Å². The van der Waals surface area contributed by atoms with Crippen molar-refractivity contribution in [2.75, 3.05) is 26.4 Å². The second-order valence-corrected chi connectivity index (χ2v) is 8.30. The monoisotopic (exact) mass is 498 g/mol. The quantitative estimate of drug-likeness (QED) is 0.369. The normalized spacial score (nSPS) is 21.4. The van der Waals surface area contributed by atoms with Crippen molar-refractivity contribution in [3.8, 4) is 0 Å². The molecule has 2 aliphatic rings. The summed E-state index contributed by atoms with van der Waals surface area (Å²) in [6.45, 7) is 3.64. The lowest BCUT2D eigenvalue weighted by atomic mass is 9.84. The van der Waals surface area contributed by atoms with E-state index in [0.717, 1.165) is 41.5 Å². The summed E-state index contributed by atoms with van der Waals surface area (Å²) < 4.78 is 12.3. The molecule has 2 aromatic rings. The van der Waals surface area contributed by atoms with E-state index >= 15 is 0 Å². The molecule has 3 atom stereocenters. The third-order valence-corrected chi connectivity index (χ3v) is 6.47. The summed E-state index contributed by atoms with van der Waals surface area (Å²) in [5, 5.41) is 1.05. The number of aromatic nitrogens is 1. The molecule has 33 heavy (non-hydrogen) atoms. The SMILES string of the molecule is CC1N(COC(=O)OCCCN)C=C[NH+]1CC1CCc2c(c3ccccc3n2C)C1=O.Cl.[Cl-]. The largest absolute Gasteiger partial charge is 1.00 e. The number of carbonyl (C=O) groups excluding carboxylic acids is 2. The Bertz CT molecular complexity index is 1010. The minimum absolute atomic E-state index is 0. The van der Waals surface area contributed by atoms with Gasteiger partial charge in [0.15, 0.2) is 18.7 Å². The highest BCUT2D eigenvalue weighted by Crippen LogP contribution is 2.33. The van der Waals surface area contributed by atoms with Crippen molar-refractivity contribution in [2.24, 2.45) is 18.7 Å². The average molecular weight is 499 g/mol. The Morgan fingerprint density at radius 1 is 1.27 bits per heavy atom. The van der Waals surface area contributed by atoms with E-state index in [2.05, 4.69) is 17.6 Å². The van der Waals surface area contributed by atoms with Crippen LogP contribution in [0.25, 0.3) is 10.9 Å². The summed E-state index contributed by atoms with van der Waals surface area (Å²) in [5.41, 5.74) is 8.54. The molecule has 3 unspecified atom stereocenters. The smallest absolute Gasteiger partial charge is 0.510 e. The van der Waals surface area contributed by atoms with Crippen molar-refractivity contribution in [3.05, 3.63) is 47.9 Å². The number of benzene rings is 1. The summed E-state index contributed by atoms with van der Waals surface area (Å²) in [4.78, 5) is 28.2. The lowest BCUT2D eigenvalue weighted by Crippen LogP contribution is -3.11. The molecule has 3 N–H and O–H groups in total. The maximum atomic E-state index is 13.4. The number of quaternary nitrogens is 1. The first-order valence-electron chi connectivity index (χ1n) is 10.9. The Labute approximate surface area is 206 Å². The van der Waals surface area contributed by atoms with Gasteiger partial charge < -0.3 is 32.2 Å². The minimum Gasteiger partial charge on any atom is -1.00 e. The van der Waals surface area contributed by atoms with Crippen LogP contribution in [-0.2, 0) is 22.9 Å². The Hall–Kier alpha value is -2.26. The van der Waals surface area contributed by atoms with E-state index in [-0.39, 0.29) is 56.0 Å². The first-order valence-corrected chi connectivity index (χ1v) is 10.9. The highest BCUT2D eigenvalue weighted by Gasteiger charge is 2.37. The van der Waals surface area contributed by atoms with Crippen molar-refractivity contribution in [1.29, 1.82) is 0 Å². The Balaban J connectivity index is 0.00000193. The van der Waals surface area contributed by atoms with Gasteiger partial charge in [-0.3, -0.25) is 14.6 Å². The Morgan fingerprint density at radius 3 is 2.79 bits per heavy atom. The Morgan fingerprint density at radius 2 is 2.03 bits per heavy atom. The number of rotatable bonds is 7. The van der Waals surface area contributed by atoms with Crippen LogP contribution in [0.2, 0.25) is 0 Å². The number of halogens is 2. The van der Waals surface area contributed by atoms with E-state index in [0.29, 0.717) is 13.0 Å². The number of ether oxygens (including phenoxy) is 2. The fourth-order valence-corrected chi connectivity index (χ4v) is 4.61. The number of nitrogens with one attached hydrogen (secondary N) is 1. The van der Waals surface area contributed by atoms with Gasteiger partial charge in [0.2, 0.25) is 0 Å². The molecule has 8 nitrogen and oxygen atoms in total. The molecular weight excluding hydrogens is 467 g/mol. The molecule has 0 spiro atoms. The number of nitrogens with two attached hydrogens (primary N) is 1. The second kappa shape index (κ2) is 11.7. The van der Waals surface area contributed by atoms with Gasteiger partial charge in [0.25, 0.3) is 0 Å². The number of carbonyl (C=O) groups is 2. The van der Waals surface area contributed by atoms with E-state index in [1.807, 2.05) is 42.5 Å². The van der Waals surface area contributed by atoms with Gasteiger partial charge in [-0.2, -0.15) is 0 Å². The number of nitrogens with zero attached hydrogens (tertiary/aromatic N) is 2. The molecule has 10 heteroatoms. The van der Waals surface area contributed by atoms with E-state index in [9.17, 15) is 9.59 Å². The molecule has 2 heterocycles. The van der Waals surface area contributed by atoms with Crippen LogP contribution in [0.4, 0.5) is 4.79 Å². The van der Waals surface area contributed by atoms with Crippen molar-refractivity contribution in [2.45, 2.75) is 32.4 Å². The molecule has 0 saturated carbocycles. The third-order valence-electron chi connectivity index (χ3n) is 6.47. The minimum atomic E-state index is -0.687. The lowest BCUT2D eigenvalue weighted by molar-refractivity contribution is -0.878. The van der Waals surface area contributed by atoms with Crippen LogP contribution in [-0.4, -0.2) is 54.0 Å². The first-order chi connectivity index (χ1) is 15.0. The van der Waals surface area contributed by atoms with Crippen LogP contribution in [0.3, 0.4) is 0 Å². The van der Waals surface area contributed by atoms with Gasteiger partial charge in [-0.1, -0.05) is 18.2 Å². The molecule has 0 amide bonds. The van der Waals surface area contributed by atoms with Gasteiger partial charge >= 0.3 is 6.16 Å². The standard InChI is InChI=1S/C23H30N4O4.2ClH/c1-16-26(11-12-27(16)15-31-23(29)30-13-5-10-24)14-17-8-9-20-21(22(17)28)18-6-3-4-7-19(18)25(20)2;;/h3-4,6-7,11-12,16-17H,5,8-10,13-15,24H2,1-2H3;2*1H. The van der Waals surface area contributed by atoms with E-state index in [1.165, 1.54) is 4.90 Å². The van der Waals surface area contributed by atoms with Crippen LogP contribution < -0.4 is 23.0 Å². The van der Waals surface area contributed by atoms with Crippen LogP contribution >= 0.6 is 12.4 Å². The Kier molecular flexibility index (Phi) is 9.60. The zero-order valence-corrected chi connectivity index (χ0v) is 20.5. The molecule has 182 valence electrons. The molecule has 4 rings (SSSR count). The van der Waals surface area contributed by atoms with Crippen molar-refractivity contribution in [3.63, 3.8) is 0 Å². The van der Waals surface area contributed by atoms with E-state index in [4.69, 9.17) is 15.2 Å². The second-order valence-electron chi connectivity index (χ2n) is 8.30. The predicted octanol–water partition coefficient (Wildman–Crippen LogP) is -1.17. The van der Waals surface area contributed by atoms with Gasteiger partial charge in [-0.05, 0) is 31.9 Å². The fourth-order valence-electron chi connectivity index (χ4n) is 4.61. The number of fused-ring (bicyclic) bond motifs is 3. The van der Waals surface area contributed by atoms with Gasteiger partial charge in [-0.25, -0.2) is 4.79 Å². The van der Waals surface area contributed by atoms with Crippen molar-refractivity contribution >= 4 is 35.2 Å². The van der Waals surface area contributed by atoms with Crippen LogP contribution in [0.15, 0.2) is 36.7 Å². The summed E-state index contributed by atoms with van der Waals surface area (Å²) in [5.74, 6) is 0.215. The highest BCUT2D eigenvalue weighted by molar-refractivity contribution is 6.11. The number of ketones is 1. The number of aryl methyl sites for hydroxylation is 1. The number of hydrogen-bond acceptors (Lipinski definition) is 6. The van der Waals surface area contributed by atoms with Crippen molar-refractivity contribution < 1.29 is 36.4 Å². The lowest BCUT2D eigenvalue weighted by Gasteiger charge is -2.28. The van der Waals surface area contributed by atoms with Gasteiger partial charge in [0.05, 0.1) is 25.3 Å². The summed E-state index contributed by atoms with van der Waals surface area (Å²) in [6, 6.07) is 8.13. The van der Waals surface area contributed by atoms with E-state index in [1.54, 1.807) is 0 Å². The molecule has 1 aliphatic heterocycles. The summed E-state index contributed by atoms with van der Waals surface area (Å²) in [6.07, 6.45) is 5.71. The molecular formula is C23H32Cl2N4O4. The zero-order valence-electron chi connectivity index (χ0n) is 19.0. The number of Topliss-reactive ketones (excluding diaryl/α,β-unsaturated/α-hetero) is 1. The van der Waals surface area contributed by atoms with E-state index < -0.39 is 6.16 Å². The molecule has 0 fully saturated rings. The van der Waals surface area contributed by atoms with Crippen LogP contribution in [0.5, 0.6) is 0 Å². The van der Waals surface area contributed by atoms with Crippen LogP contribution in [0.1, 0.15) is 35.8 Å². The first kappa shape index (κ1) is 27.0. The van der Waals surface area contributed by atoms with Crippen LogP contribution in [0, 0.1) is 5.92 Å². The van der Waals surface area contributed by atoms with Crippen molar-refractivity contribution in [1.82, 2.24) is 9.47 Å². The van der Waals surface area contributed by atoms with Gasteiger partial charge in [0, 0.05) is 36.1 Å². The molecule has 1 aromatic heterocycles. The molecule has 0 bridgehead atoms. The predicted molar refractivity (Wildman–Crippen MR) is 124 cm³/mol. The zero-order chi connectivity index (χ0) is 22.0. The molecule has 1 aromatic carbocycles. The maximum Gasteiger partial charge on any atom is 0.510 e. The number of hydrogen-bond donors (Lipinski definition) is 2. The highest BCUT2D eigenvalue weighted by atomic mass is 35.5. The summed E-state index contributed by atoms with van der Waals surface area (Å²) >= 11 is 0. The summed E-state index contributed by atoms with van der Waals surface area (Å²) in [7, 11) is 2.05. The molecule has 1 aliphatic carbocycles. The topological polar surface area (TPSA) is 91.2 Å². The average Bonchev–Trinajstić information content (AvgIpc) is 3.27. The third kappa shape index (κ3) is 5.46. The maximum absolute atomic E-state index is 13.4. The molecule has 0 radical (unpaired) electrons. The number of para-hydroxylation sites is 1. The van der Waals surface area contributed by atoms with Gasteiger partial charge in [0.1, 0.15) is 6.20 Å². The fraction of sp³-hybridized carbons (Fsp3) is 0.478. The molecule has 0 saturated heterocycles.